The third kappa shape index (κ3) is 5.66. The van der Waals surface area contributed by atoms with Gasteiger partial charge < -0.3 is 4.74 Å². The summed E-state index contributed by atoms with van der Waals surface area (Å²) in [4.78, 5) is 0. The molecule has 2 unspecified atom stereocenters. The van der Waals surface area contributed by atoms with Crippen LogP contribution in [0.2, 0.25) is 0 Å². The summed E-state index contributed by atoms with van der Waals surface area (Å²) in [6, 6.07) is 0. The Kier molecular flexibility index (Phi) is 5.49. The van der Waals surface area contributed by atoms with Gasteiger partial charge in [-0.05, 0) is 38.0 Å². The molecular weight excluding hydrogens is 224 g/mol. The number of rotatable bonds is 7. The lowest BCUT2D eigenvalue weighted by molar-refractivity contribution is 0.0893. The molecule has 1 rings (SSSR count). The lowest BCUT2D eigenvalue weighted by atomic mass is 9.94. The van der Waals surface area contributed by atoms with Gasteiger partial charge in [0.15, 0.2) is 0 Å². The summed E-state index contributed by atoms with van der Waals surface area (Å²) in [5.41, 5.74) is 0. The molecule has 0 spiro atoms. The van der Waals surface area contributed by atoms with Crippen LogP contribution < -0.4 is 0 Å². The lowest BCUT2D eigenvalue weighted by Crippen LogP contribution is -2.16. The first-order valence-corrected chi connectivity index (χ1v) is 7.97. The van der Waals surface area contributed by atoms with E-state index in [0.717, 1.165) is 38.7 Å². The van der Waals surface area contributed by atoms with Crippen molar-refractivity contribution in [1.29, 1.82) is 0 Å². The first-order chi connectivity index (χ1) is 7.51. The summed E-state index contributed by atoms with van der Waals surface area (Å²) in [5, 5.41) is 0. The standard InChI is InChI=1S/C12H22O3S/c1-3-5-11(7-9-16(2,13)14)10-12-6-4-8-15-12/h3,11-12H,1,4-10H2,2H3. The lowest BCUT2D eigenvalue weighted by Gasteiger charge is -2.18. The van der Waals surface area contributed by atoms with Crippen LogP contribution in [0.1, 0.15) is 32.1 Å². The SMILES string of the molecule is C=CCC(CCS(C)(=O)=O)CC1CCCO1. The molecule has 1 fully saturated rings. The molecule has 94 valence electrons. The van der Waals surface area contributed by atoms with E-state index in [2.05, 4.69) is 6.58 Å². The van der Waals surface area contributed by atoms with E-state index in [0.29, 0.717) is 12.0 Å². The van der Waals surface area contributed by atoms with E-state index in [-0.39, 0.29) is 5.75 Å². The molecule has 1 aliphatic rings. The fourth-order valence-electron chi connectivity index (χ4n) is 2.15. The summed E-state index contributed by atoms with van der Waals surface area (Å²) in [6.45, 7) is 4.59. The number of ether oxygens (including phenoxy) is 1. The molecule has 0 aromatic rings. The van der Waals surface area contributed by atoms with Crippen LogP contribution in [0.5, 0.6) is 0 Å². The van der Waals surface area contributed by atoms with Crippen LogP contribution >= 0.6 is 0 Å². The zero-order chi connectivity index (χ0) is 12.0. The van der Waals surface area contributed by atoms with Gasteiger partial charge in [0.05, 0.1) is 11.9 Å². The van der Waals surface area contributed by atoms with Crippen molar-refractivity contribution in [2.24, 2.45) is 5.92 Å². The topological polar surface area (TPSA) is 43.4 Å². The van der Waals surface area contributed by atoms with Crippen LogP contribution in [0, 0.1) is 5.92 Å². The average Bonchev–Trinajstić information content (AvgIpc) is 2.66. The minimum Gasteiger partial charge on any atom is -0.378 e. The first-order valence-electron chi connectivity index (χ1n) is 5.91. The van der Waals surface area contributed by atoms with E-state index in [1.165, 1.54) is 6.26 Å². The largest absolute Gasteiger partial charge is 0.378 e. The molecular formula is C12H22O3S. The van der Waals surface area contributed by atoms with Crippen molar-refractivity contribution in [1.82, 2.24) is 0 Å². The van der Waals surface area contributed by atoms with Crippen LogP contribution in [0.3, 0.4) is 0 Å². The second kappa shape index (κ2) is 6.40. The smallest absolute Gasteiger partial charge is 0.147 e. The summed E-state index contributed by atoms with van der Waals surface area (Å²) in [5.74, 6) is 0.674. The van der Waals surface area contributed by atoms with Gasteiger partial charge in [-0.3, -0.25) is 0 Å². The van der Waals surface area contributed by atoms with Crippen LogP contribution in [-0.2, 0) is 14.6 Å². The minimum atomic E-state index is -2.85. The molecule has 2 atom stereocenters. The van der Waals surface area contributed by atoms with Crippen molar-refractivity contribution in [2.75, 3.05) is 18.6 Å². The van der Waals surface area contributed by atoms with Gasteiger partial charge in [0, 0.05) is 12.9 Å². The molecule has 1 aliphatic heterocycles. The first kappa shape index (κ1) is 13.7. The highest BCUT2D eigenvalue weighted by molar-refractivity contribution is 7.90. The number of hydrogen-bond donors (Lipinski definition) is 0. The average molecular weight is 246 g/mol. The second-order valence-corrected chi connectivity index (χ2v) is 6.94. The summed E-state index contributed by atoms with van der Waals surface area (Å²) in [7, 11) is -2.85. The van der Waals surface area contributed by atoms with E-state index < -0.39 is 9.84 Å². The third-order valence-corrected chi connectivity index (χ3v) is 3.99. The van der Waals surface area contributed by atoms with Crippen molar-refractivity contribution < 1.29 is 13.2 Å². The van der Waals surface area contributed by atoms with Crippen LogP contribution in [-0.4, -0.2) is 33.1 Å². The summed E-state index contributed by atoms with van der Waals surface area (Å²) >= 11 is 0. The summed E-state index contributed by atoms with van der Waals surface area (Å²) < 4.78 is 27.8. The number of allylic oxidation sites excluding steroid dienone is 1. The Bertz CT molecular complexity index is 302. The molecule has 16 heavy (non-hydrogen) atoms. The van der Waals surface area contributed by atoms with E-state index in [1.54, 1.807) is 0 Å². The Morgan fingerprint density at radius 1 is 1.56 bits per heavy atom. The van der Waals surface area contributed by atoms with Gasteiger partial charge in [0.25, 0.3) is 0 Å². The molecule has 0 aromatic heterocycles. The van der Waals surface area contributed by atoms with Gasteiger partial charge in [-0.2, -0.15) is 0 Å². The van der Waals surface area contributed by atoms with Crippen LogP contribution in [0.4, 0.5) is 0 Å². The van der Waals surface area contributed by atoms with Crippen molar-refractivity contribution in [3.05, 3.63) is 12.7 Å². The van der Waals surface area contributed by atoms with E-state index in [9.17, 15) is 8.42 Å². The zero-order valence-electron chi connectivity index (χ0n) is 10.0. The molecule has 0 saturated carbocycles. The molecule has 1 saturated heterocycles. The van der Waals surface area contributed by atoms with Gasteiger partial charge in [-0.25, -0.2) is 8.42 Å². The van der Waals surface area contributed by atoms with Gasteiger partial charge in [-0.15, -0.1) is 6.58 Å². The highest BCUT2D eigenvalue weighted by Crippen LogP contribution is 2.24. The van der Waals surface area contributed by atoms with Crippen molar-refractivity contribution in [2.45, 2.75) is 38.2 Å². The Balaban J connectivity index is 2.36. The van der Waals surface area contributed by atoms with Gasteiger partial charge in [-0.1, -0.05) is 6.08 Å². The number of sulfone groups is 1. The molecule has 0 aliphatic carbocycles. The molecule has 0 radical (unpaired) electrons. The quantitative estimate of drug-likeness (QED) is 0.647. The van der Waals surface area contributed by atoms with E-state index in [1.807, 2.05) is 6.08 Å². The second-order valence-electron chi connectivity index (χ2n) is 4.68. The zero-order valence-corrected chi connectivity index (χ0v) is 10.8. The molecule has 4 heteroatoms. The monoisotopic (exact) mass is 246 g/mol. The summed E-state index contributed by atoms with van der Waals surface area (Å²) in [6.07, 6.45) is 8.35. The predicted molar refractivity (Wildman–Crippen MR) is 66.2 cm³/mol. The molecule has 0 amide bonds. The molecule has 0 bridgehead atoms. The maximum absolute atomic E-state index is 11.1. The predicted octanol–water partition coefficient (Wildman–Crippen LogP) is 2.18. The normalized spacial score (nSPS) is 23.2. The fraction of sp³-hybridized carbons (Fsp3) is 0.833. The Morgan fingerprint density at radius 3 is 2.81 bits per heavy atom. The molecule has 3 nitrogen and oxygen atoms in total. The Labute approximate surface area is 98.8 Å². The molecule has 0 N–H and O–H groups in total. The van der Waals surface area contributed by atoms with Crippen LogP contribution in [0.15, 0.2) is 12.7 Å². The highest BCUT2D eigenvalue weighted by atomic mass is 32.2. The fourth-order valence-corrected chi connectivity index (χ4v) is 2.91. The maximum Gasteiger partial charge on any atom is 0.147 e. The van der Waals surface area contributed by atoms with Crippen LogP contribution in [0.25, 0.3) is 0 Å². The maximum atomic E-state index is 11.1. The minimum absolute atomic E-state index is 0.276. The van der Waals surface area contributed by atoms with E-state index in [4.69, 9.17) is 4.74 Å². The Morgan fingerprint density at radius 2 is 2.31 bits per heavy atom. The molecule has 0 aromatic carbocycles. The number of hydrogen-bond acceptors (Lipinski definition) is 3. The van der Waals surface area contributed by atoms with Crippen molar-refractivity contribution >= 4 is 9.84 Å². The van der Waals surface area contributed by atoms with Gasteiger partial charge >= 0.3 is 0 Å². The van der Waals surface area contributed by atoms with E-state index >= 15 is 0 Å². The van der Waals surface area contributed by atoms with Gasteiger partial charge in [0.1, 0.15) is 9.84 Å². The van der Waals surface area contributed by atoms with Gasteiger partial charge in [0.2, 0.25) is 0 Å². The highest BCUT2D eigenvalue weighted by Gasteiger charge is 2.20. The third-order valence-electron chi connectivity index (χ3n) is 3.02. The molecule has 1 heterocycles. The van der Waals surface area contributed by atoms with Crippen molar-refractivity contribution in [3.63, 3.8) is 0 Å². The van der Waals surface area contributed by atoms with Crippen molar-refractivity contribution in [3.8, 4) is 0 Å². The Hall–Kier alpha value is -0.350.